The number of hydrogen-bond donors (Lipinski definition) is 1. The van der Waals surface area contributed by atoms with Crippen molar-refractivity contribution in [2.75, 3.05) is 0 Å². The van der Waals surface area contributed by atoms with Crippen LogP contribution in [0.2, 0.25) is 0 Å². The van der Waals surface area contributed by atoms with Gasteiger partial charge in [-0.2, -0.15) is 0 Å². The molecule has 2 heteroatoms. The lowest BCUT2D eigenvalue weighted by Gasteiger charge is -2.24. The molecule has 0 heterocycles. The monoisotopic (exact) mass is 200 g/mol. The zero-order valence-electron chi connectivity index (χ0n) is 10.1. The Hall–Kier alpha value is -0.530. The lowest BCUT2D eigenvalue weighted by Crippen LogP contribution is -2.23. The predicted molar refractivity (Wildman–Crippen MR) is 59.3 cm³/mol. The van der Waals surface area contributed by atoms with E-state index in [4.69, 9.17) is 5.11 Å². The minimum Gasteiger partial charge on any atom is -0.481 e. The zero-order chi connectivity index (χ0) is 11.4. The van der Waals surface area contributed by atoms with Gasteiger partial charge in [0.05, 0.1) is 5.92 Å². The molecule has 0 radical (unpaired) electrons. The summed E-state index contributed by atoms with van der Waals surface area (Å²) < 4.78 is 0. The maximum Gasteiger partial charge on any atom is 0.306 e. The summed E-state index contributed by atoms with van der Waals surface area (Å²) in [6.07, 6.45) is 2.73. The van der Waals surface area contributed by atoms with Gasteiger partial charge in [0.25, 0.3) is 0 Å². The second kappa shape index (κ2) is 5.38. The standard InChI is InChI=1S/C12H24O2/c1-6-9(2)10(11(13)14)7-8-12(3,4)5/h9-10H,6-8H2,1-5H3,(H,13,14). The lowest BCUT2D eigenvalue weighted by atomic mass is 9.81. The summed E-state index contributed by atoms with van der Waals surface area (Å²) in [6.45, 7) is 10.5. The Kier molecular flexibility index (Phi) is 5.17. The van der Waals surface area contributed by atoms with Crippen LogP contribution in [-0.2, 0) is 4.79 Å². The molecule has 84 valence electrons. The maximum atomic E-state index is 11.0. The SMILES string of the molecule is CCC(C)C(CCC(C)(C)C)C(=O)O. The normalized spacial score (nSPS) is 16.4. The molecule has 0 aliphatic rings. The Labute approximate surface area is 87.7 Å². The van der Waals surface area contributed by atoms with Crippen LogP contribution < -0.4 is 0 Å². The van der Waals surface area contributed by atoms with Crippen LogP contribution >= 0.6 is 0 Å². The van der Waals surface area contributed by atoms with E-state index in [1.807, 2.05) is 6.92 Å². The molecule has 14 heavy (non-hydrogen) atoms. The molecule has 1 N–H and O–H groups in total. The second-order valence-electron chi connectivity index (χ2n) is 5.43. The quantitative estimate of drug-likeness (QED) is 0.736. The van der Waals surface area contributed by atoms with E-state index < -0.39 is 5.97 Å². The van der Waals surface area contributed by atoms with Crippen LogP contribution in [-0.4, -0.2) is 11.1 Å². The first kappa shape index (κ1) is 13.5. The molecule has 2 nitrogen and oxygen atoms in total. The zero-order valence-corrected chi connectivity index (χ0v) is 10.1. The van der Waals surface area contributed by atoms with E-state index in [0.29, 0.717) is 0 Å². The van der Waals surface area contributed by atoms with Crippen molar-refractivity contribution in [1.29, 1.82) is 0 Å². The molecule has 2 atom stereocenters. The molecule has 0 bridgehead atoms. The minimum absolute atomic E-state index is 0.167. The smallest absolute Gasteiger partial charge is 0.306 e. The third kappa shape index (κ3) is 5.25. The van der Waals surface area contributed by atoms with E-state index in [9.17, 15) is 4.79 Å². The van der Waals surface area contributed by atoms with Crippen molar-refractivity contribution in [3.63, 3.8) is 0 Å². The molecule has 0 aromatic heterocycles. The van der Waals surface area contributed by atoms with Gasteiger partial charge in [-0.05, 0) is 24.2 Å². The van der Waals surface area contributed by atoms with Crippen molar-refractivity contribution >= 4 is 5.97 Å². The summed E-state index contributed by atoms with van der Waals surface area (Å²) in [4.78, 5) is 11.0. The van der Waals surface area contributed by atoms with Crippen LogP contribution in [0.15, 0.2) is 0 Å². The molecule has 0 rings (SSSR count). The van der Waals surface area contributed by atoms with Crippen LogP contribution in [0.3, 0.4) is 0 Å². The minimum atomic E-state index is -0.636. The van der Waals surface area contributed by atoms with Crippen LogP contribution in [0.4, 0.5) is 0 Å². The summed E-state index contributed by atoms with van der Waals surface area (Å²) in [5.41, 5.74) is 0.237. The fourth-order valence-corrected chi connectivity index (χ4v) is 1.52. The van der Waals surface area contributed by atoms with Crippen molar-refractivity contribution in [3.05, 3.63) is 0 Å². The van der Waals surface area contributed by atoms with Crippen molar-refractivity contribution < 1.29 is 9.90 Å². The van der Waals surface area contributed by atoms with E-state index in [0.717, 1.165) is 19.3 Å². The highest BCUT2D eigenvalue weighted by Crippen LogP contribution is 2.28. The third-order valence-corrected chi connectivity index (χ3v) is 2.85. The largest absolute Gasteiger partial charge is 0.481 e. The average Bonchev–Trinajstić information content (AvgIpc) is 2.01. The molecule has 0 aromatic carbocycles. The Morgan fingerprint density at radius 3 is 2.14 bits per heavy atom. The lowest BCUT2D eigenvalue weighted by molar-refractivity contribution is -0.144. The first-order chi connectivity index (χ1) is 6.28. The summed E-state index contributed by atoms with van der Waals surface area (Å²) >= 11 is 0. The number of hydrogen-bond acceptors (Lipinski definition) is 1. The number of carboxylic acid groups (broad SMARTS) is 1. The van der Waals surface area contributed by atoms with E-state index in [2.05, 4.69) is 27.7 Å². The Morgan fingerprint density at radius 2 is 1.86 bits per heavy atom. The predicted octanol–water partition coefficient (Wildman–Crippen LogP) is 3.56. The summed E-state index contributed by atoms with van der Waals surface area (Å²) in [7, 11) is 0. The number of aliphatic carboxylic acids is 1. The van der Waals surface area contributed by atoms with Crippen molar-refractivity contribution in [3.8, 4) is 0 Å². The van der Waals surface area contributed by atoms with E-state index in [1.165, 1.54) is 0 Å². The molecular weight excluding hydrogens is 176 g/mol. The summed E-state index contributed by atoms with van der Waals surface area (Å²) in [6, 6.07) is 0. The molecule has 0 fully saturated rings. The van der Waals surface area contributed by atoms with Crippen LogP contribution in [0.1, 0.15) is 53.9 Å². The van der Waals surface area contributed by atoms with Crippen molar-refractivity contribution in [2.24, 2.45) is 17.3 Å². The molecule has 0 aromatic rings. The Bertz CT molecular complexity index is 179. The second-order valence-corrected chi connectivity index (χ2v) is 5.43. The number of carbonyl (C=O) groups is 1. The molecule has 0 saturated heterocycles. The first-order valence-electron chi connectivity index (χ1n) is 5.50. The van der Waals surface area contributed by atoms with E-state index >= 15 is 0 Å². The fourth-order valence-electron chi connectivity index (χ4n) is 1.52. The number of rotatable bonds is 5. The summed E-state index contributed by atoms with van der Waals surface area (Å²) in [5, 5.41) is 9.07. The van der Waals surface area contributed by atoms with E-state index in [1.54, 1.807) is 0 Å². The number of carboxylic acids is 1. The maximum absolute atomic E-state index is 11.0. The van der Waals surface area contributed by atoms with Gasteiger partial charge in [0.15, 0.2) is 0 Å². The molecule has 0 amide bonds. The van der Waals surface area contributed by atoms with Gasteiger partial charge in [-0.1, -0.05) is 41.0 Å². The third-order valence-electron chi connectivity index (χ3n) is 2.85. The van der Waals surface area contributed by atoms with Crippen LogP contribution in [0.25, 0.3) is 0 Å². The van der Waals surface area contributed by atoms with Gasteiger partial charge in [-0.15, -0.1) is 0 Å². The molecule has 0 aliphatic carbocycles. The highest BCUT2D eigenvalue weighted by molar-refractivity contribution is 5.70. The van der Waals surface area contributed by atoms with Crippen LogP contribution in [0.5, 0.6) is 0 Å². The van der Waals surface area contributed by atoms with Gasteiger partial charge in [-0.25, -0.2) is 0 Å². The highest BCUT2D eigenvalue weighted by atomic mass is 16.4. The molecular formula is C12H24O2. The first-order valence-corrected chi connectivity index (χ1v) is 5.50. The Morgan fingerprint density at radius 1 is 1.36 bits per heavy atom. The van der Waals surface area contributed by atoms with Gasteiger partial charge in [0, 0.05) is 0 Å². The Balaban J connectivity index is 4.18. The molecule has 0 spiro atoms. The van der Waals surface area contributed by atoms with Gasteiger partial charge < -0.3 is 5.11 Å². The summed E-state index contributed by atoms with van der Waals surface area (Å²) in [5.74, 6) is -0.516. The molecule has 0 aliphatic heterocycles. The fraction of sp³-hybridized carbons (Fsp3) is 0.917. The van der Waals surface area contributed by atoms with Crippen molar-refractivity contribution in [1.82, 2.24) is 0 Å². The van der Waals surface area contributed by atoms with Gasteiger partial charge in [0.2, 0.25) is 0 Å². The molecule has 0 saturated carbocycles. The van der Waals surface area contributed by atoms with Gasteiger partial charge in [-0.3, -0.25) is 4.79 Å². The van der Waals surface area contributed by atoms with Gasteiger partial charge >= 0.3 is 5.97 Å². The average molecular weight is 200 g/mol. The highest BCUT2D eigenvalue weighted by Gasteiger charge is 2.25. The van der Waals surface area contributed by atoms with Gasteiger partial charge in [0.1, 0.15) is 0 Å². The topological polar surface area (TPSA) is 37.3 Å². The molecule has 2 unspecified atom stereocenters. The van der Waals surface area contributed by atoms with E-state index in [-0.39, 0.29) is 17.3 Å². The van der Waals surface area contributed by atoms with Crippen LogP contribution in [0, 0.1) is 17.3 Å². The van der Waals surface area contributed by atoms with Crippen molar-refractivity contribution in [2.45, 2.75) is 53.9 Å².